The third-order valence-corrected chi connectivity index (χ3v) is 6.19. The highest BCUT2D eigenvalue weighted by molar-refractivity contribution is 7.11. The Balaban J connectivity index is 1.54. The molecule has 152 valence electrons. The van der Waals surface area contributed by atoms with Crippen molar-refractivity contribution in [2.75, 3.05) is 46.4 Å². The lowest BCUT2D eigenvalue weighted by atomic mass is 10.0. The molecule has 2 heterocycles. The number of aliphatic imine (C=N–C) groups is 1. The van der Waals surface area contributed by atoms with Gasteiger partial charge in [-0.3, -0.25) is 9.89 Å². The monoisotopic (exact) mass is 401 g/mol. The number of rotatable bonds is 7. The summed E-state index contributed by atoms with van der Waals surface area (Å²) in [6.45, 7) is 9.31. The average Bonchev–Trinajstić information content (AvgIpc) is 3.05. The molecular weight excluding hydrogens is 370 g/mol. The molecule has 7 heteroatoms. The molecule has 2 aromatic rings. The van der Waals surface area contributed by atoms with Crippen molar-refractivity contribution in [1.82, 2.24) is 20.5 Å². The van der Waals surface area contributed by atoms with E-state index in [0.717, 1.165) is 57.5 Å². The third-order valence-electron chi connectivity index (χ3n) is 5.06. The van der Waals surface area contributed by atoms with Gasteiger partial charge in [-0.2, -0.15) is 0 Å². The van der Waals surface area contributed by atoms with Crippen molar-refractivity contribution in [3.63, 3.8) is 0 Å². The summed E-state index contributed by atoms with van der Waals surface area (Å²) in [5.74, 6) is 0.833. The highest BCUT2D eigenvalue weighted by Crippen LogP contribution is 2.21. The van der Waals surface area contributed by atoms with Crippen LogP contribution in [0.1, 0.15) is 27.2 Å². The molecule has 0 spiro atoms. The second-order valence-corrected chi connectivity index (χ2v) is 8.24. The Morgan fingerprint density at radius 1 is 1.21 bits per heavy atom. The molecule has 0 saturated carbocycles. The largest absolute Gasteiger partial charge is 0.379 e. The quantitative estimate of drug-likeness (QED) is 0.551. The van der Waals surface area contributed by atoms with Gasteiger partial charge in [0.05, 0.1) is 30.0 Å². The molecule has 1 aliphatic heterocycles. The van der Waals surface area contributed by atoms with Crippen LogP contribution in [-0.4, -0.2) is 62.3 Å². The molecule has 0 radical (unpaired) electrons. The fraction of sp³-hybridized carbons (Fsp3) is 0.524. The minimum atomic E-state index is 0.299. The molecule has 1 aromatic heterocycles. The Kier molecular flexibility index (Phi) is 7.82. The van der Waals surface area contributed by atoms with E-state index in [0.29, 0.717) is 6.04 Å². The van der Waals surface area contributed by atoms with Crippen LogP contribution in [0.2, 0.25) is 0 Å². The lowest BCUT2D eigenvalue weighted by Crippen LogP contribution is -2.46. The maximum absolute atomic E-state index is 5.53. The van der Waals surface area contributed by atoms with E-state index in [1.54, 1.807) is 11.3 Å². The van der Waals surface area contributed by atoms with Gasteiger partial charge in [-0.15, -0.1) is 11.3 Å². The number of nitrogens with zero attached hydrogens (tertiary/aromatic N) is 3. The van der Waals surface area contributed by atoms with Gasteiger partial charge in [-0.05, 0) is 19.4 Å². The zero-order valence-electron chi connectivity index (χ0n) is 17.1. The van der Waals surface area contributed by atoms with Crippen molar-refractivity contribution < 1.29 is 4.74 Å². The predicted octanol–water partition coefficient (Wildman–Crippen LogP) is 2.54. The van der Waals surface area contributed by atoms with Gasteiger partial charge in [0.1, 0.15) is 0 Å². The summed E-state index contributed by atoms with van der Waals surface area (Å²) in [5, 5.41) is 8.10. The first-order valence-corrected chi connectivity index (χ1v) is 10.7. The number of guanidine groups is 1. The van der Waals surface area contributed by atoms with Crippen molar-refractivity contribution in [3.05, 3.63) is 51.5 Å². The normalized spacial score (nSPS) is 16.8. The maximum Gasteiger partial charge on any atom is 0.191 e. The number of benzene rings is 1. The SMILES string of the molecule is CN=C(NCCc1nc(C)c(C)s1)NCC(c1ccccc1)N1CCOCC1. The van der Waals surface area contributed by atoms with Crippen LogP contribution in [0, 0.1) is 13.8 Å². The first-order valence-electron chi connectivity index (χ1n) is 9.91. The van der Waals surface area contributed by atoms with Crippen LogP contribution in [0.4, 0.5) is 0 Å². The summed E-state index contributed by atoms with van der Waals surface area (Å²) < 4.78 is 5.53. The molecule has 1 atom stereocenters. The van der Waals surface area contributed by atoms with Crippen molar-refractivity contribution in [2.24, 2.45) is 4.99 Å². The molecule has 1 unspecified atom stereocenters. The van der Waals surface area contributed by atoms with Gasteiger partial charge < -0.3 is 15.4 Å². The first kappa shape index (κ1) is 20.8. The number of thiazole rings is 1. The van der Waals surface area contributed by atoms with E-state index in [4.69, 9.17) is 4.74 Å². The molecule has 0 bridgehead atoms. The number of hydrogen-bond acceptors (Lipinski definition) is 5. The molecule has 1 saturated heterocycles. The fourth-order valence-electron chi connectivity index (χ4n) is 3.37. The lowest BCUT2D eigenvalue weighted by Gasteiger charge is -2.35. The van der Waals surface area contributed by atoms with E-state index >= 15 is 0 Å². The Morgan fingerprint density at radius 2 is 1.96 bits per heavy atom. The molecule has 1 aliphatic rings. The molecule has 0 aliphatic carbocycles. The van der Waals surface area contributed by atoms with Crippen molar-refractivity contribution in [1.29, 1.82) is 0 Å². The van der Waals surface area contributed by atoms with Gasteiger partial charge in [0.15, 0.2) is 5.96 Å². The first-order chi connectivity index (χ1) is 13.7. The number of aromatic nitrogens is 1. The van der Waals surface area contributed by atoms with Crippen LogP contribution in [0.3, 0.4) is 0 Å². The zero-order valence-corrected chi connectivity index (χ0v) is 17.9. The number of morpholine rings is 1. The lowest BCUT2D eigenvalue weighted by molar-refractivity contribution is 0.0170. The van der Waals surface area contributed by atoms with E-state index in [-0.39, 0.29) is 0 Å². The van der Waals surface area contributed by atoms with Crippen LogP contribution in [0.5, 0.6) is 0 Å². The molecule has 1 fully saturated rings. The third kappa shape index (κ3) is 5.77. The van der Waals surface area contributed by atoms with Gasteiger partial charge in [-0.1, -0.05) is 30.3 Å². The van der Waals surface area contributed by atoms with Crippen molar-refractivity contribution in [2.45, 2.75) is 26.3 Å². The highest BCUT2D eigenvalue weighted by Gasteiger charge is 2.22. The Labute approximate surface area is 172 Å². The Bertz CT molecular complexity index is 736. The highest BCUT2D eigenvalue weighted by atomic mass is 32.1. The Hall–Kier alpha value is -1.96. The summed E-state index contributed by atoms with van der Waals surface area (Å²) in [5.41, 5.74) is 2.46. The molecular formula is C21H31N5OS. The second kappa shape index (κ2) is 10.5. The summed E-state index contributed by atoms with van der Waals surface area (Å²) in [6, 6.07) is 11.0. The van der Waals surface area contributed by atoms with Crippen LogP contribution < -0.4 is 10.6 Å². The van der Waals surface area contributed by atoms with E-state index in [9.17, 15) is 0 Å². The molecule has 28 heavy (non-hydrogen) atoms. The fourth-order valence-corrected chi connectivity index (χ4v) is 4.30. The Morgan fingerprint density at radius 3 is 2.61 bits per heavy atom. The van der Waals surface area contributed by atoms with E-state index in [1.165, 1.54) is 15.4 Å². The van der Waals surface area contributed by atoms with Crippen LogP contribution >= 0.6 is 11.3 Å². The molecule has 0 amide bonds. The molecule has 2 N–H and O–H groups in total. The molecule has 6 nitrogen and oxygen atoms in total. The standard InChI is InChI=1S/C21H31N5OS/c1-16-17(2)28-20(25-16)9-10-23-21(22-3)24-15-19(18-7-5-4-6-8-18)26-11-13-27-14-12-26/h4-8,19H,9-15H2,1-3H3,(H2,22,23,24). The van der Waals surface area contributed by atoms with Crippen LogP contribution in [-0.2, 0) is 11.2 Å². The maximum atomic E-state index is 5.53. The summed E-state index contributed by atoms with van der Waals surface area (Å²) in [7, 11) is 1.82. The number of ether oxygens (including phenoxy) is 1. The van der Waals surface area contributed by atoms with Crippen LogP contribution in [0.15, 0.2) is 35.3 Å². The van der Waals surface area contributed by atoms with Crippen molar-refractivity contribution >= 4 is 17.3 Å². The predicted molar refractivity (Wildman–Crippen MR) is 116 cm³/mol. The number of nitrogens with one attached hydrogen (secondary N) is 2. The van der Waals surface area contributed by atoms with Gasteiger partial charge in [0, 0.05) is 44.5 Å². The molecule has 1 aromatic carbocycles. The average molecular weight is 402 g/mol. The molecule has 3 rings (SSSR count). The van der Waals surface area contributed by atoms with E-state index in [1.807, 2.05) is 7.05 Å². The minimum Gasteiger partial charge on any atom is -0.379 e. The van der Waals surface area contributed by atoms with Gasteiger partial charge >= 0.3 is 0 Å². The topological polar surface area (TPSA) is 61.8 Å². The van der Waals surface area contributed by atoms with Gasteiger partial charge in [0.25, 0.3) is 0 Å². The van der Waals surface area contributed by atoms with E-state index < -0.39 is 0 Å². The number of hydrogen-bond donors (Lipinski definition) is 2. The summed E-state index contributed by atoms with van der Waals surface area (Å²) in [6.07, 6.45) is 0.908. The summed E-state index contributed by atoms with van der Waals surface area (Å²) in [4.78, 5) is 12.8. The number of aryl methyl sites for hydroxylation is 2. The second-order valence-electron chi connectivity index (χ2n) is 6.95. The van der Waals surface area contributed by atoms with Crippen molar-refractivity contribution in [3.8, 4) is 0 Å². The van der Waals surface area contributed by atoms with Gasteiger partial charge in [-0.25, -0.2) is 4.98 Å². The minimum absolute atomic E-state index is 0.299. The van der Waals surface area contributed by atoms with Crippen LogP contribution in [0.25, 0.3) is 0 Å². The van der Waals surface area contributed by atoms with E-state index in [2.05, 4.69) is 69.7 Å². The van der Waals surface area contributed by atoms with Gasteiger partial charge in [0.2, 0.25) is 0 Å². The summed E-state index contributed by atoms with van der Waals surface area (Å²) >= 11 is 1.78. The smallest absolute Gasteiger partial charge is 0.191 e. The zero-order chi connectivity index (χ0) is 19.8.